The van der Waals surface area contributed by atoms with Crippen LogP contribution in [-0.2, 0) is 63.6 Å². The number of aromatic nitrogens is 1. The van der Waals surface area contributed by atoms with Gasteiger partial charge in [-0.2, -0.15) is 0 Å². The molecule has 27 nitrogen and oxygen atoms in total. The van der Waals surface area contributed by atoms with Gasteiger partial charge in [-0.05, 0) is 78.0 Å². The Hall–Kier alpha value is -10.1. The average Bonchev–Trinajstić information content (AvgIpc) is 1.65. The molecule has 4 amide bonds. The lowest BCUT2D eigenvalue weighted by molar-refractivity contribution is -0.129. The normalized spacial score (nSPS) is 18.1. The molecule has 0 radical (unpaired) electrons. The zero-order valence-corrected chi connectivity index (χ0v) is 65.3. The van der Waals surface area contributed by atoms with E-state index in [1.807, 2.05) is 105 Å². The van der Waals surface area contributed by atoms with Gasteiger partial charge in [-0.15, -0.1) is 0 Å². The van der Waals surface area contributed by atoms with Crippen LogP contribution in [0.1, 0.15) is 116 Å². The first-order chi connectivity index (χ1) is 55.1. The number of carbonyl (C=O) groups excluding carboxylic acids is 6. The summed E-state index contributed by atoms with van der Waals surface area (Å²) in [7, 11) is 3.07. The maximum absolute atomic E-state index is 14.2. The number of nitrogens with zero attached hydrogens (tertiary/aromatic N) is 5. The van der Waals surface area contributed by atoms with Crippen LogP contribution < -0.4 is 29.6 Å². The second-order valence-corrected chi connectivity index (χ2v) is 28.0. The Bertz CT molecular complexity index is 4200. The number of Topliss-reactive ketones (excluding diaryl/α,β-unsaturated/α-hetero) is 2. The number of carbonyl (C=O) groups is 6. The predicted octanol–water partition coefficient (Wildman–Crippen LogP) is 11.0. The van der Waals surface area contributed by atoms with Crippen molar-refractivity contribution >= 4 is 76.2 Å². The van der Waals surface area contributed by atoms with E-state index in [2.05, 4.69) is 10.6 Å². The lowest BCUT2D eigenvalue weighted by atomic mass is 9.93. The molecule has 606 valence electrons. The number of fused-ring (bicyclic) bond motifs is 4. The second kappa shape index (κ2) is 45.0. The van der Waals surface area contributed by atoms with E-state index in [0.29, 0.717) is 175 Å². The van der Waals surface area contributed by atoms with Crippen molar-refractivity contribution < 1.29 is 95.8 Å². The number of amides is 4. The lowest BCUT2D eigenvalue weighted by Gasteiger charge is -2.20. The summed E-state index contributed by atoms with van der Waals surface area (Å²) in [6, 6.07) is 15.1. The van der Waals surface area contributed by atoms with Crippen molar-refractivity contribution in [2.24, 2.45) is 27.7 Å². The first-order valence-electron chi connectivity index (χ1n) is 38.9. The number of ether oxygens (including phenoxy) is 12. The number of benzene rings is 3. The standard InChI is InChI=1S/C86H107N7O20/c1-59(2)70(18-12-17-69(94)27-32-104-34-36-106-38-40-108-42-44-110-46-47-111-45-43-109-41-39-107-37-35-105-33-28-87-81(96)26-29-91-82(97)52-71(84(91)99)64-15-9-7-6-8-10-16-64)83(98)90-60(3)76(95)19-11-14-61-20-22-62(23-21-61)65-48-67-55-88-74-53-79(77(102-4)50-72(74)85(100)92(67)57-65)112-30-13-31-113-80-54-75-73(51-78(80)103-5)86(101)93-58-66(63-24-25-63)49-68(93)56-89-75/h6-12,14-16,18,20-23,50-60,63,67-68,70,97,99H,13,17,19,24-49H2,1-5H3,(H,87,96)(H,90,98)/b7-6-,8-6?,9-7?,10-8-,14-11+,15-9-,16-10?,18-12?,64-15?,64-16+. The van der Waals surface area contributed by atoms with Crippen LogP contribution in [-0.4, -0.2) is 230 Å². The third-order valence-corrected chi connectivity index (χ3v) is 19.4. The van der Waals surface area contributed by atoms with Crippen LogP contribution in [0.25, 0.3) is 17.2 Å². The molecule has 4 aliphatic heterocycles. The molecule has 1 saturated carbocycles. The molecule has 1 aromatic heterocycles. The Morgan fingerprint density at radius 2 is 1.12 bits per heavy atom. The fourth-order valence-electron chi connectivity index (χ4n) is 13.0. The fraction of sp³-hybridized carbons (Fsp3) is 0.465. The molecule has 5 heterocycles. The summed E-state index contributed by atoms with van der Waals surface area (Å²) in [4.78, 5) is 92.4. The second-order valence-electron chi connectivity index (χ2n) is 28.0. The van der Waals surface area contributed by atoms with Crippen molar-refractivity contribution in [3.05, 3.63) is 161 Å². The molecular weight excluding hydrogens is 1450 g/mol. The predicted molar refractivity (Wildman–Crippen MR) is 428 cm³/mol. The van der Waals surface area contributed by atoms with Crippen LogP contribution in [0.2, 0.25) is 0 Å². The average molecular weight is 1560 g/mol. The minimum absolute atomic E-state index is 0.0293. The molecule has 1 fully saturated rings. The smallest absolute Gasteiger partial charge is 0.260 e. The maximum atomic E-state index is 14.2. The van der Waals surface area contributed by atoms with Gasteiger partial charge in [-0.25, -0.2) is 0 Å². The topological polar surface area (TPSA) is 314 Å². The number of allylic oxidation sites excluding steroid dienone is 10. The highest BCUT2D eigenvalue weighted by Crippen LogP contribution is 2.45. The van der Waals surface area contributed by atoms with E-state index in [1.165, 1.54) is 36.2 Å². The van der Waals surface area contributed by atoms with E-state index in [1.54, 1.807) is 72.5 Å². The number of methoxy groups -OCH3 is 2. The summed E-state index contributed by atoms with van der Waals surface area (Å²) >= 11 is 0. The Balaban J connectivity index is 0.503. The zero-order valence-electron chi connectivity index (χ0n) is 65.3. The van der Waals surface area contributed by atoms with E-state index >= 15 is 0 Å². The number of hydrogen-bond donors (Lipinski definition) is 4. The Labute approximate surface area is 660 Å². The van der Waals surface area contributed by atoms with Crippen molar-refractivity contribution in [2.45, 2.75) is 103 Å². The van der Waals surface area contributed by atoms with E-state index in [-0.39, 0.29) is 117 Å². The molecule has 2 aliphatic carbocycles. The molecule has 4 atom stereocenters. The highest BCUT2D eigenvalue weighted by Gasteiger charge is 2.39. The van der Waals surface area contributed by atoms with Crippen molar-refractivity contribution in [2.75, 3.05) is 140 Å². The van der Waals surface area contributed by atoms with Crippen molar-refractivity contribution in [1.29, 1.82) is 0 Å². The number of ketones is 2. The summed E-state index contributed by atoms with van der Waals surface area (Å²) in [6.45, 7) is 12.5. The van der Waals surface area contributed by atoms with E-state index < -0.39 is 12.0 Å². The molecule has 0 saturated heterocycles. The van der Waals surface area contributed by atoms with Crippen LogP contribution in [0.15, 0.2) is 143 Å². The molecule has 0 bridgehead atoms. The number of aromatic hydroxyl groups is 2. The van der Waals surface area contributed by atoms with Gasteiger partial charge in [-0.1, -0.05) is 105 Å². The van der Waals surface area contributed by atoms with Gasteiger partial charge in [0.25, 0.3) is 11.8 Å². The summed E-state index contributed by atoms with van der Waals surface area (Å²) in [5.74, 6) is 0.452. The summed E-state index contributed by atoms with van der Waals surface area (Å²) < 4.78 is 69.4. The Morgan fingerprint density at radius 1 is 0.584 bits per heavy atom. The molecule has 6 aliphatic rings. The number of rotatable bonds is 51. The summed E-state index contributed by atoms with van der Waals surface area (Å²) in [5.41, 5.74) is 7.18. The van der Waals surface area contributed by atoms with Gasteiger partial charge in [0.05, 0.1) is 180 Å². The van der Waals surface area contributed by atoms with Crippen LogP contribution >= 0.6 is 0 Å². The van der Waals surface area contributed by atoms with Gasteiger partial charge in [0.1, 0.15) is 5.78 Å². The summed E-state index contributed by atoms with van der Waals surface area (Å²) in [5, 5.41) is 26.7. The number of hydrogen-bond acceptors (Lipinski definition) is 22. The highest BCUT2D eigenvalue weighted by molar-refractivity contribution is 6.06. The number of nitrogens with one attached hydrogen (secondary N) is 2. The van der Waals surface area contributed by atoms with Crippen molar-refractivity contribution in [3.8, 4) is 34.8 Å². The van der Waals surface area contributed by atoms with Gasteiger partial charge < -0.3 is 87.5 Å². The van der Waals surface area contributed by atoms with Crippen LogP contribution in [0, 0.1) is 17.8 Å². The molecule has 27 heteroatoms. The SMILES string of the molecule is COc1cc2c(cc1OCCCOc1cc3c(cc1OC)C(=O)N1C=C(C4CC4)CC1C=N3)N=CC1CC(c3ccc(/C=C/CC(=O)C(C)NC(=O)C(C=CCC(=O)CCOCCOCCOCCOCCOCCOCCOCCOCCNC(=O)CCn4c(O)cc(C5=C/C=C\C=C/C=C\5)c4O)C(C)C)cc3)=CN1C2=O. The monoisotopic (exact) mass is 1560 g/mol. The molecular formula is C86H107N7O20. The summed E-state index contributed by atoms with van der Waals surface area (Å²) in [6.07, 6.45) is 32.3. The van der Waals surface area contributed by atoms with E-state index in [0.717, 1.165) is 28.7 Å². The maximum Gasteiger partial charge on any atom is 0.260 e. The minimum atomic E-state index is -0.732. The Morgan fingerprint density at radius 3 is 1.69 bits per heavy atom. The molecule has 4 unspecified atom stereocenters. The van der Waals surface area contributed by atoms with Crippen LogP contribution in [0.4, 0.5) is 11.4 Å². The first kappa shape index (κ1) is 85.3. The number of aliphatic imine (C=N–C) groups is 2. The largest absolute Gasteiger partial charge is 0.494 e. The van der Waals surface area contributed by atoms with Gasteiger partial charge in [0.2, 0.25) is 17.7 Å². The van der Waals surface area contributed by atoms with E-state index in [9.17, 15) is 39.0 Å². The van der Waals surface area contributed by atoms with Crippen molar-refractivity contribution in [3.63, 3.8) is 0 Å². The van der Waals surface area contributed by atoms with Gasteiger partial charge in [-0.3, -0.25) is 43.3 Å². The molecule has 3 aromatic carbocycles. The van der Waals surface area contributed by atoms with Crippen LogP contribution in [0.5, 0.6) is 34.8 Å². The molecule has 113 heavy (non-hydrogen) atoms. The van der Waals surface area contributed by atoms with Gasteiger partial charge >= 0.3 is 0 Å². The van der Waals surface area contributed by atoms with E-state index in [4.69, 9.17) is 66.8 Å². The van der Waals surface area contributed by atoms with Crippen molar-refractivity contribution in [1.82, 2.24) is 25.0 Å². The molecule has 0 spiro atoms. The third-order valence-electron chi connectivity index (χ3n) is 19.4. The molecule has 10 rings (SSSR count). The minimum Gasteiger partial charge on any atom is -0.494 e. The lowest BCUT2D eigenvalue weighted by Crippen LogP contribution is -2.42. The molecule has 4 N–H and O–H groups in total. The zero-order chi connectivity index (χ0) is 79.7. The fourth-order valence-corrected chi connectivity index (χ4v) is 13.0. The first-order valence-corrected chi connectivity index (χ1v) is 38.9. The third kappa shape index (κ3) is 26.0. The van der Waals surface area contributed by atoms with Gasteiger partial charge in [0, 0.05) is 100 Å². The quantitative estimate of drug-likeness (QED) is 0.0236. The van der Waals surface area contributed by atoms with Gasteiger partial charge in [0.15, 0.2) is 34.7 Å². The van der Waals surface area contributed by atoms with Crippen LogP contribution in [0.3, 0.4) is 0 Å². The Kier molecular flexibility index (Phi) is 34.0. The highest BCUT2D eigenvalue weighted by atomic mass is 16.6. The molecule has 4 aromatic rings.